The van der Waals surface area contributed by atoms with Crippen LogP contribution in [0.3, 0.4) is 0 Å². The Hall–Kier alpha value is -2.76. The van der Waals surface area contributed by atoms with Crippen LogP contribution in [0.1, 0.15) is 11.4 Å². The molecule has 1 saturated heterocycles. The summed E-state index contributed by atoms with van der Waals surface area (Å²) < 4.78 is 0. The van der Waals surface area contributed by atoms with Gasteiger partial charge in [-0.2, -0.15) is 10.2 Å². The molecule has 3 rings (SSSR count). The molecular formula is C16H18N6. The van der Waals surface area contributed by atoms with Crippen LogP contribution in [-0.2, 0) is 0 Å². The molecule has 6 nitrogen and oxygen atoms in total. The summed E-state index contributed by atoms with van der Waals surface area (Å²) in [7, 11) is 0. The predicted octanol–water partition coefficient (Wildman–Crippen LogP) is 1.46. The molecular weight excluding hydrogens is 276 g/mol. The van der Waals surface area contributed by atoms with Crippen LogP contribution in [-0.4, -0.2) is 58.6 Å². The lowest BCUT2D eigenvalue weighted by Crippen LogP contribution is -2.41. The van der Waals surface area contributed by atoms with E-state index in [9.17, 15) is 0 Å². The van der Waals surface area contributed by atoms with Gasteiger partial charge in [0, 0.05) is 12.4 Å². The van der Waals surface area contributed by atoms with Gasteiger partial charge < -0.3 is 0 Å². The number of nitrogens with zero attached hydrogens (tertiary/aromatic N) is 6. The quantitative estimate of drug-likeness (QED) is 0.801. The first-order valence-corrected chi connectivity index (χ1v) is 7.30. The van der Waals surface area contributed by atoms with E-state index >= 15 is 0 Å². The van der Waals surface area contributed by atoms with Crippen LogP contribution >= 0.6 is 0 Å². The van der Waals surface area contributed by atoms with Crippen LogP contribution < -0.4 is 0 Å². The van der Waals surface area contributed by atoms with Gasteiger partial charge in [0.15, 0.2) is 0 Å². The summed E-state index contributed by atoms with van der Waals surface area (Å²) in [4.78, 5) is 8.45. The second kappa shape index (κ2) is 7.31. The lowest BCUT2D eigenvalue weighted by atomic mass is 10.4. The summed E-state index contributed by atoms with van der Waals surface area (Å²) >= 11 is 0. The van der Waals surface area contributed by atoms with Crippen molar-refractivity contribution in [2.45, 2.75) is 0 Å². The molecule has 1 aliphatic rings. The summed E-state index contributed by atoms with van der Waals surface area (Å²) in [5, 5.41) is 13.0. The summed E-state index contributed by atoms with van der Waals surface area (Å²) in [6.07, 6.45) is 7.14. The highest BCUT2D eigenvalue weighted by molar-refractivity contribution is 5.76. The highest BCUT2D eigenvalue weighted by atomic mass is 15.5. The number of hydrogen-bond acceptors (Lipinski definition) is 6. The molecule has 3 heterocycles. The maximum atomic E-state index is 4.46. The predicted molar refractivity (Wildman–Crippen MR) is 86.8 cm³/mol. The Balaban J connectivity index is 1.48. The zero-order valence-electron chi connectivity index (χ0n) is 12.3. The molecule has 22 heavy (non-hydrogen) atoms. The van der Waals surface area contributed by atoms with E-state index in [2.05, 4.69) is 20.2 Å². The number of pyridine rings is 2. The van der Waals surface area contributed by atoms with Gasteiger partial charge in [-0.3, -0.25) is 20.0 Å². The fraction of sp³-hybridized carbons (Fsp3) is 0.250. The Morgan fingerprint density at radius 2 is 1.18 bits per heavy atom. The van der Waals surface area contributed by atoms with E-state index < -0.39 is 0 Å². The molecule has 2 aromatic rings. The Labute approximate surface area is 129 Å². The molecule has 0 bridgehead atoms. The van der Waals surface area contributed by atoms with Crippen LogP contribution in [0.5, 0.6) is 0 Å². The summed E-state index contributed by atoms with van der Waals surface area (Å²) in [5.41, 5.74) is 1.75. The van der Waals surface area contributed by atoms with E-state index in [1.807, 2.05) is 46.4 Å². The van der Waals surface area contributed by atoms with Crippen LogP contribution in [0, 0.1) is 0 Å². The van der Waals surface area contributed by atoms with E-state index in [0.29, 0.717) is 0 Å². The first-order chi connectivity index (χ1) is 10.9. The minimum absolute atomic E-state index is 0.850. The van der Waals surface area contributed by atoms with Gasteiger partial charge >= 0.3 is 0 Å². The average molecular weight is 294 g/mol. The number of hydrazone groups is 2. The fourth-order valence-corrected chi connectivity index (χ4v) is 2.10. The zero-order valence-corrected chi connectivity index (χ0v) is 12.3. The largest absolute Gasteiger partial charge is 0.293 e. The number of hydrogen-bond donors (Lipinski definition) is 0. The van der Waals surface area contributed by atoms with Crippen LogP contribution in [0.15, 0.2) is 59.0 Å². The van der Waals surface area contributed by atoms with Gasteiger partial charge in [0.2, 0.25) is 0 Å². The molecule has 0 unspecified atom stereocenters. The average Bonchev–Trinajstić information content (AvgIpc) is 2.61. The van der Waals surface area contributed by atoms with Gasteiger partial charge in [0.1, 0.15) is 0 Å². The lowest BCUT2D eigenvalue weighted by molar-refractivity contribution is 0.141. The molecule has 0 amide bonds. The molecule has 112 valence electrons. The third-order valence-corrected chi connectivity index (χ3v) is 3.31. The van der Waals surface area contributed by atoms with E-state index in [1.165, 1.54) is 0 Å². The minimum Gasteiger partial charge on any atom is -0.293 e. The first-order valence-electron chi connectivity index (χ1n) is 7.30. The molecule has 2 aromatic heterocycles. The Morgan fingerprint density at radius 1 is 0.727 bits per heavy atom. The number of rotatable bonds is 4. The lowest BCUT2D eigenvalue weighted by Gasteiger charge is -2.30. The molecule has 0 aliphatic carbocycles. The van der Waals surface area contributed by atoms with Crippen LogP contribution in [0.25, 0.3) is 0 Å². The highest BCUT2D eigenvalue weighted by Gasteiger charge is 2.12. The topological polar surface area (TPSA) is 57.0 Å². The van der Waals surface area contributed by atoms with E-state index in [1.54, 1.807) is 24.8 Å². The van der Waals surface area contributed by atoms with E-state index in [0.717, 1.165) is 37.6 Å². The fourth-order valence-electron chi connectivity index (χ4n) is 2.10. The van der Waals surface area contributed by atoms with Crippen molar-refractivity contribution >= 4 is 12.4 Å². The first kappa shape index (κ1) is 14.2. The maximum absolute atomic E-state index is 4.46. The minimum atomic E-state index is 0.850. The summed E-state index contributed by atoms with van der Waals surface area (Å²) in [6.45, 7) is 3.40. The second-order valence-electron chi connectivity index (χ2n) is 4.91. The molecule has 6 heteroatoms. The normalized spacial score (nSPS) is 15.8. The van der Waals surface area contributed by atoms with Crippen molar-refractivity contribution in [1.29, 1.82) is 0 Å². The van der Waals surface area contributed by atoms with Crippen LogP contribution in [0.4, 0.5) is 0 Å². The van der Waals surface area contributed by atoms with Gasteiger partial charge in [-0.25, -0.2) is 0 Å². The van der Waals surface area contributed by atoms with Gasteiger partial charge in [-0.15, -0.1) is 0 Å². The zero-order chi connectivity index (χ0) is 15.0. The third-order valence-electron chi connectivity index (χ3n) is 3.31. The molecule has 0 aromatic carbocycles. The van der Waals surface area contributed by atoms with Gasteiger partial charge in [0.25, 0.3) is 0 Å². The molecule has 0 spiro atoms. The Kier molecular flexibility index (Phi) is 4.71. The molecule has 0 atom stereocenters. The number of aromatic nitrogens is 2. The summed E-state index contributed by atoms with van der Waals surface area (Å²) in [5.74, 6) is 0. The van der Waals surface area contributed by atoms with Gasteiger partial charge in [-0.05, 0) is 24.3 Å². The monoisotopic (exact) mass is 294 g/mol. The van der Waals surface area contributed by atoms with Crippen LogP contribution in [0.2, 0.25) is 0 Å². The van der Waals surface area contributed by atoms with E-state index in [4.69, 9.17) is 0 Å². The molecule has 1 aliphatic heterocycles. The SMILES string of the molecule is C(=N/N1CCN(/N=C\c2ccccn2)CC1)/c1ccccn1. The third kappa shape index (κ3) is 4.12. The van der Waals surface area contributed by atoms with Crippen molar-refractivity contribution in [2.24, 2.45) is 10.2 Å². The molecule has 1 fully saturated rings. The van der Waals surface area contributed by atoms with Crippen molar-refractivity contribution in [3.05, 3.63) is 60.2 Å². The standard InChI is InChI=1S/C16H18N6/c1-3-7-17-15(5-1)13-19-21-9-11-22(12-10-21)20-14-16-6-2-4-8-18-16/h1-8,13-14H,9-12H2/b19-13-,20-14-. The van der Waals surface area contributed by atoms with Crippen molar-refractivity contribution < 1.29 is 0 Å². The highest BCUT2D eigenvalue weighted by Crippen LogP contribution is 2.03. The van der Waals surface area contributed by atoms with E-state index in [-0.39, 0.29) is 0 Å². The number of piperazine rings is 1. The van der Waals surface area contributed by atoms with Crippen molar-refractivity contribution in [1.82, 2.24) is 20.0 Å². The smallest absolute Gasteiger partial charge is 0.0830 e. The molecule has 0 saturated carbocycles. The molecule has 0 N–H and O–H groups in total. The second-order valence-corrected chi connectivity index (χ2v) is 4.91. The van der Waals surface area contributed by atoms with Crippen molar-refractivity contribution in [3.63, 3.8) is 0 Å². The van der Waals surface area contributed by atoms with Gasteiger partial charge in [0.05, 0.1) is 50.0 Å². The summed E-state index contributed by atoms with van der Waals surface area (Å²) in [6, 6.07) is 11.6. The Morgan fingerprint density at radius 3 is 1.55 bits per heavy atom. The Bertz CT molecular complexity index is 560. The van der Waals surface area contributed by atoms with Gasteiger partial charge in [-0.1, -0.05) is 12.1 Å². The maximum Gasteiger partial charge on any atom is 0.0830 e. The van der Waals surface area contributed by atoms with Crippen molar-refractivity contribution in [2.75, 3.05) is 26.2 Å². The molecule has 0 radical (unpaired) electrons. The van der Waals surface area contributed by atoms with Crippen molar-refractivity contribution in [3.8, 4) is 0 Å².